The summed E-state index contributed by atoms with van der Waals surface area (Å²) < 4.78 is 4.54. The van der Waals surface area contributed by atoms with Crippen molar-refractivity contribution < 1.29 is 14.4 Å². The van der Waals surface area contributed by atoms with E-state index in [1.54, 1.807) is 0 Å². The van der Waals surface area contributed by atoms with Crippen LogP contribution in [-0.4, -0.2) is 22.2 Å². The summed E-state index contributed by atoms with van der Waals surface area (Å²) in [6.07, 6.45) is 2.45. The van der Waals surface area contributed by atoms with Crippen molar-refractivity contribution in [3.8, 4) is 0 Å². The molecule has 0 aliphatic carbocycles. The molecule has 1 rings (SSSR count). The van der Waals surface area contributed by atoms with Gasteiger partial charge in [-0.25, -0.2) is 0 Å². The van der Waals surface area contributed by atoms with Gasteiger partial charge in [-0.1, -0.05) is 5.16 Å². The van der Waals surface area contributed by atoms with Crippen LogP contribution < -0.4 is 5.73 Å². The molecule has 11 heavy (non-hydrogen) atoms. The molecule has 1 heterocycles. The van der Waals surface area contributed by atoms with Crippen molar-refractivity contribution in [2.24, 2.45) is 5.16 Å². The first-order valence-corrected chi connectivity index (χ1v) is 2.59. The van der Waals surface area contributed by atoms with Crippen LogP contribution in [-0.2, 0) is 4.79 Å². The van der Waals surface area contributed by atoms with Gasteiger partial charge in [-0.05, 0) is 0 Å². The molecule has 57 valence electrons. The number of nitrogens with two attached hydrogens (primary N) is 1. The molecular weight excluding hydrogens is 150 g/mol. The number of carbonyl (C=O) groups excluding carboxylic acids is 1. The van der Waals surface area contributed by atoms with Gasteiger partial charge in [0.1, 0.15) is 12.0 Å². The molecule has 0 amide bonds. The maximum absolute atomic E-state index is 10.0. The van der Waals surface area contributed by atoms with Crippen LogP contribution >= 0.6 is 0 Å². The maximum atomic E-state index is 10.0. The maximum Gasteiger partial charge on any atom is 0.292 e. The Kier molecular flexibility index (Phi) is 1.86. The van der Waals surface area contributed by atoms with Crippen LogP contribution in [0.1, 0.15) is 5.69 Å². The average Bonchev–Trinajstić information content (AvgIpc) is 2.39. The Labute approximate surface area is 61.3 Å². The minimum Gasteiger partial charge on any atom is -0.432 e. The SMILES string of the molecule is Nc1nc(/C([C]=O)=N/O)co1. The van der Waals surface area contributed by atoms with E-state index in [0.717, 1.165) is 6.26 Å². The molecule has 0 aromatic carbocycles. The zero-order valence-corrected chi connectivity index (χ0v) is 5.31. The Bertz CT molecular complexity index is 291. The summed E-state index contributed by atoms with van der Waals surface area (Å²) >= 11 is 0. The first kappa shape index (κ1) is 7.26. The zero-order chi connectivity index (χ0) is 8.27. The van der Waals surface area contributed by atoms with Gasteiger partial charge in [0.05, 0.1) is 0 Å². The van der Waals surface area contributed by atoms with Gasteiger partial charge in [0.25, 0.3) is 12.3 Å². The van der Waals surface area contributed by atoms with E-state index in [1.807, 2.05) is 0 Å². The molecule has 0 aliphatic heterocycles. The highest BCUT2D eigenvalue weighted by molar-refractivity contribution is 6.35. The number of nitrogens with zero attached hydrogens (tertiary/aromatic N) is 2. The lowest BCUT2D eigenvalue weighted by Gasteiger charge is -1.82. The second-order valence-electron chi connectivity index (χ2n) is 1.62. The number of hydrogen-bond donors (Lipinski definition) is 2. The predicted molar refractivity (Wildman–Crippen MR) is 34.9 cm³/mol. The number of oxime groups is 1. The first-order chi connectivity index (χ1) is 5.27. The van der Waals surface area contributed by atoms with Gasteiger partial charge in [-0.3, -0.25) is 4.79 Å². The Morgan fingerprint density at radius 1 is 1.91 bits per heavy atom. The summed E-state index contributed by atoms with van der Waals surface area (Å²) in [5.74, 6) is 0. The van der Waals surface area contributed by atoms with Gasteiger partial charge in [0, 0.05) is 0 Å². The van der Waals surface area contributed by atoms with Crippen molar-refractivity contribution in [2.75, 3.05) is 5.73 Å². The number of anilines is 1. The molecule has 1 aromatic rings. The van der Waals surface area contributed by atoms with Crippen LogP contribution in [0.4, 0.5) is 6.01 Å². The van der Waals surface area contributed by atoms with Crippen LogP contribution in [0.2, 0.25) is 0 Å². The zero-order valence-electron chi connectivity index (χ0n) is 5.31. The Hall–Kier alpha value is -1.85. The lowest BCUT2D eigenvalue weighted by atomic mass is 10.3. The fourth-order valence-electron chi connectivity index (χ4n) is 0.520. The molecule has 0 saturated heterocycles. The van der Waals surface area contributed by atoms with Gasteiger partial charge in [0.2, 0.25) is 0 Å². The second kappa shape index (κ2) is 2.82. The molecule has 0 unspecified atom stereocenters. The highest BCUT2D eigenvalue weighted by atomic mass is 16.4. The van der Waals surface area contributed by atoms with Crippen molar-refractivity contribution in [3.63, 3.8) is 0 Å². The van der Waals surface area contributed by atoms with Gasteiger partial charge in [-0.2, -0.15) is 4.98 Å². The second-order valence-corrected chi connectivity index (χ2v) is 1.62. The van der Waals surface area contributed by atoms with Gasteiger partial charge in [-0.15, -0.1) is 0 Å². The van der Waals surface area contributed by atoms with E-state index >= 15 is 0 Å². The molecule has 0 saturated carbocycles. The lowest BCUT2D eigenvalue weighted by Crippen LogP contribution is -2.02. The topological polar surface area (TPSA) is 102 Å². The third kappa shape index (κ3) is 1.34. The summed E-state index contributed by atoms with van der Waals surface area (Å²) in [5, 5.41) is 10.8. The average molecular weight is 154 g/mol. The number of hydrogen-bond acceptors (Lipinski definition) is 6. The molecule has 6 heteroatoms. The van der Waals surface area contributed by atoms with Crippen LogP contribution in [0.3, 0.4) is 0 Å². The van der Waals surface area contributed by atoms with Crippen LogP contribution in [0, 0.1) is 0 Å². The highest BCUT2D eigenvalue weighted by Gasteiger charge is 2.08. The lowest BCUT2D eigenvalue weighted by molar-refractivity contribution is 0.320. The smallest absolute Gasteiger partial charge is 0.292 e. The molecule has 6 nitrogen and oxygen atoms in total. The number of aromatic nitrogens is 1. The molecule has 1 aromatic heterocycles. The Balaban J connectivity index is 3.00. The quantitative estimate of drug-likeness (QED) is 0.341. The molecular formula is C5H4N3O3. The first-order valence-electron chi connectivity index (χ1n) is 2.59. The minimum atomic E-state index is -0.342. The van der Waals surface area contributed by atoms with E-state index in [1.165, 1.54) is 6.29 Å². The van der Waals surface area contributed by atoms with Crippen molar-refractivity contribution in [1.82, 2.24) is 4.98 Å². The fraction of sp³-hybridized carbons (Fsp3) is 0. The molecule has 1 radical (unpaired) electrons. The standard InChI is InChI=1S/C5H4N3O3/c6-5-7-4(2-11-5)3(1-9)8-10/h2,10H,(H2,6,7)/b8-3+. The van der Waals surface area contributed by atoms with E-state index < -0.39 is 0 Å². The van der Waals surface area contributed by atoms with Crippen LogP contribution in [0.15, 0.2) is 15.8 Å². The van der Waals surface area contributed by atoms with E-state index in [4.69, 9.17) is 10.9 Å². The van der Waals surface area contributed by atoms with Crippen molar-refractivity contribution in [1.29, 1.82) is 0 Å². The van der Waals surface area contributed by atoms with Gasteiger partial charge >= 0.3 is 0 Å². The molecule has 0 spiro atoms. The third-order valence-corrected chi connectivity index (χ3v) is 0.961. The normalized spacial score (nSPS) is 11.5. The van der Waals surface area contributed by atoms with Crippen LogP contribution in [0.25, 0.3) is 0 Å². The molecule has 0 aliphatic rings. The van der Waals surface area contributed by atoms with E-state index in [-0.39, 0.29) is 17.4 Å². The monoisotopic (exact) mass is 154 g/mol. The number of oxazole rings is 1. The van der Waals surface area contributed by atoms with E-state index in [0.29, 0.717) is 0 Å². The summed E-state index contributed by atoms with van der Waals surface area (Å²) in [6, 6.07) is -0.101. The van der Waals surface area contributed by atoms with Crippen molar-refractivity contribution in [2.45, 2.75) is 0 Å². The summed E-state index contributed by atoms with van der Waals surface area (Å²) in [6.45, 7) is 0. The predicted octanol–water partition coefficient (Wildman–Crippen LogP) is -0.455. The molecule has 0 fully saturated rings. The molecule has 3 N–H and O–H groups in total. The van der Waals surface area contributed by atoms with Crippen LogP contribution in [0.5, 0.6) is 0 Å². The highest BCUT2D eigenvalue weighted by Crippen LogP contribution is 2.02. The third-order valence-electron chi connectivity index (χ3n) is 0.961. The Morgan fingerprint density at radius 3 is 3.00 bits per heavy atom. The molecule has 0 atom stereocenters. The Morgan fingerprint density at radius 2 is 2.64 bits per heavy atom. The van der Waals surface area contributed by atoms with Gasteiger partial charge in [0.15, 0.2) is 5.71 Å². The van der Waals surface area contributed by atoms with E-state index in [9.17, 15) is 4.79 Å². The van der Waals surface area contributed by atoms with Crippen molar-refractivity contribution in [3.05, 3.63) is 12.0 Å². The van der Waals surface area contributed by atoms with E-state index in [2.05, 4.69) is 14.6 Å². The fourth-order valence-corrected chi connectivity index (χ4v) is 0.520. The summed E-state index contributed by atoms with van der Waals surface area (Å²) in [7, 11) is 0. The minimum absolute atomic E-state index is 0.0556. The summed E-state index contributed by atoms with van der Waals surface area (Å²) in [4.78, 5) is 13.5. The number of nitrogen functional groups attached to an aromatic ring is 1. The molecule has 0 bridgehead atoms. The summed E-state index contributed by atoms with van der Waals surface area (Å²) in [5.41, 5.74) is 4.79. The largest absolute Gasteiger partial charge is 0.432 e. The number of rotatable bonds is 2. The van der Waals surface area contributed by atoms with Crippen molar-refractivity contribution >= 4 is 18.0 Å². The van der Waals surface area contributed by atoms with Gasteiger partial charge < -0.3 is 15.4 Å².